The summed E-state index contributed by atoms with van der Waals surface area (Å²) in [7, 11) is 0. The third kappa shape index (κ3) is 4.84. The molecule has 0 spiro atoms. The zero-order valence-corrected chi connectivity index (χ0v) is 11.5. The summed E-state index contributed by atoms with van der Waals surface area (Å²) in [6.07, 6.45) is 7.16. The van der Waals surface area contributed by atoms with Gasteiger partial charge >= 0.3 is 0 Å². The van der Waals surface area contributed by atoms with Crippen LogP contribution in [-0.2, 0) is 4.74 Å². The minimum Gasteiger partial charge on any atom is -0.374 e. The van der Waals surface area contributed by atoms with Crippen LogP contribution in [0.5, 0.6) is 0 Å². The monoisotopic (exact) mass is 227 g/mol. The molecule has 0 saturated carbocycles. The Morgan fingerprint density at radius 3 is 2.50 bits per heavy atom. The summed E-state index contributed by atoms with van der Waals surface area (Å²) >= 11 is 0. The fourth-order valence-corrected chi connectivity index (χ4v) is 2.39. The number of ether oxygens (including phenoxy) is 1. The first kappa shape index (κ1) is 14.0. The molecule has 0 aliphatic carbocycles. The second kappa shape index (κ2) is 7.29. The Morgan fingerprint density at radius 1 is 1.25 bits per heavy atom. The summed E-state index contributed by atoms with van der Waals surface area (Å²) in [5, 5.41) is 3.66. The standard InChI is InChI=1S/C14H29NO/c1-5-10-15-13(8-6-11(2)3)14-9-7-12(4)16-14/h11-15H,5-10H2,1-4H3. The molecule has 96 valence electrons. The zero-order valence-electron chi connectivity index (χ0n) is 11.5. The zero-order chi connectivity index (χ0) is 12.0. The minimum atomic E-state index is 0.459. The molecule has 0 aromatic rings. The van der Waals surface area contributed by atoms with E-state index < -0.39 is 0 Å². The highest BCUT2D eigenvalue weighted by molar-refractivity contribution is 4.83. The van der Waals surface area contributed by atoms with E-state index in [1.807, 2.05) is 0 Å². The summed E-state index contributed by atoms with van der Waals surface area (Å²) in [5.74, 6) is 0.796. The van der Waals surface area contributed by atoms with Crippen LogP contribution >= 0.6 is 0 Å². The van der Waals surface area contributed by atoms with Crippen LogP contribution < -0.4 is 5.32 Å². The van der Waals surface area contributed by atoms with Crippen molar-refractivity contribution < 1.29 is 4.74 Å². The maximum atomic E-state index is 5.99. The molecule has 3 unspecified atom stereocenters. The van der Waals surface area contributed by atoms with E-state index in [9.17, 15) is 0 Å². The van der Waals surface area contributed by atoms with Crippen molar-refractivity contribution in [3.63, 3.8) is 0 Å². The van der Waals surface area contributed by atoms with E-state index in [1.165, 1.54) is 32.1 Å². The van der Waals surface area contributed by atoms with Crippen LogP contribution in [0.4, 0.5) is 0 Å². The van der Waals surface area contributed by atoms with Gasteiger partial charge in [0.2, 0.25) is 0 Å². The summed E-state index contributed by atoms with van der Waals surface area (Å²) in [6, 6.07) is 0.576. The molecule has 0 radical (unpaired) electrons. The number of rotatable bonds is 7. The van der Waals surface area contributed by atoms with Gasteiger partial charge < -0.3 is 10.1 Å². The summed E-state index contributed by atoms with van der Waals surface area (Å²) in [6.45, 7) is 10.1. The molecule has 1 N–H and O–H groups in total. The van der Waals surface area contributed by atoms with Crippen LogP contribution in [0.3, 0.4) is 0 Å². The third-order valence-corrected chi connectivity index (χ3v) is 3.43. The predicted octanol–water partition coefficient (Wildman–Crippen LogP) is 3.36. The average molecular weight is 227 g/mol. The van der Waals surface area contributed by atoms with Gasteiger partial charge in [0.25, 0.3) is 0 Å². The van der Waals surface area contributed by atoms with Gasteiger partial charge in [0, 0.05) is 6.04 Å². The van der Waals surface area contributed by atoms with Gasteiger partial charge in [-0.05, 0) is 51.5 Å². The summed E-state index contributed by atoms with van der Waals surface area (Å²) in [4.78, 5) is 0. The molecule has 1 fully saturated rings. The fraction of sp³-hybridized carbons (Fsp3) is 1.00. The van der Waals surface area contributed by atoms with Crippen molar-refractivity contribution in [1.82, 2.24) is 5.32 Å². The van der Waals surface area contributed by atoms with Crippen molar-refractivity contribution in [2.24, 2.45) is 5.92 Å². The van der Waals surface area contributed by atoms with E-state index in [1.54, 1.807) is 0 Å². The molecule has 2 nitrogen and oxygen atoms in total. The fourth-order valence-electron chi connectivity index (χ4n) is 2.39. The van der Waals surface area contributed by atoms with Gasteiger partial charge in [-0.1, -0.05) is 20.8 Å². The molecule has 0 amide bonds. The van der Waals surface area contributed by atoms with Crippen molar-refractivity contribution in [3.05, 3.63) is 0 Å². The molecule has 1 aliphatic heterocycles. The van der Waals surface area contributed by atoms with Gasteiger partial charge in [-0.2, -0.15) is 0 Å². The van der Waals surface area contributed by atoms with Gasteiger partial charge in [0.15, 0.2) is 0 Å². The number of hydrogen-bond acceptors (Lipinski definition) is 2. The Bertz CT molecular complexity index is 182. The number of nitrogens with one attached hydrogen (secondary N) is 1. The molecule has 1 rings (SSSR count). The van der Waals surface area contributed by atoms with E-state index in [-0.39, 0.29) is 0 Å². The van der Waals surface area contributed by atoms with Crippen LogP contribution in [0, 0.1) is 5.92 Å². The Kier molecular flexibility index (Phi) is 6.37. The molecule has 3 atom stereocenters. The smallest absolute Gasteiger partial charge is 0.0732 e. The average Bonchev–Trinajstić information content (AvgIpc) is 2.64. The molecule has 2 heteroatoms. The summed E-state index contributed by atoms with van der Waals surface area (Å²) < 4.78 is 5.99. The van der Waals surface area contributed by atoms with Gasteiger partial charge in [-0.15, -0.1) is 0 Å². The lowest BCUT2D eigenvalue weighted by atomic mass is 9.98. The minimum absolute atomic E-state index is 0.459. The predicted molar refractivity (Wildman–Crippen MR) is 69.7 cm³/mol. The molecular weight excluding hydrogens is 198 g/mol. The van der Waals surface area contributed by atoms with Crippen LogP contribution in [-0.4, -0.2) is 24.8 Å². The Balaban J connectivity index is 2.36. The van der Waals surface area contributed by atoms with Crippen LogP contribution in [0.25, 0.3) is 0 Å². The largest absolute Gasteiger partial charge is 0.374 e. The molecule has 0 bridgehead atoms. The van der Waals surface area contributed by atoms with Gasteiger partial charge in [-0.25, -0.2) is 0 Å². The van der Waals surface area contributed by atoms with Crippen LogP contribution in [0.15, 0.2) is 0 Å². The molecule has 1 aliphatic rings. The van der Waals surface area contributed by atoms with Gasteiger partial charge in [-0.3, -0.25) is 0 Å². The maximum Gasteiger partial charge on any atom is 0.0732 e. The molecule has 0 aromatic heterocycles. The Hall–Kier alpha value is -0.0800. The second-order valence-electron chi connectivity index (χ2n) is 5.59. The van der Waals surface area contributed by atoms with E-state index in [0.717, 1.165) is 12.5 Å². The molecule has 1 saturated heterocycles. The molecular formula is C14H29NO. The SMILES string of the molecule is CCCNC(CCC(C)C)C1CCC(C)O1. The van der Waals surface area contributed by atoms with Crippen molar-refractivity contribution in [2.45, 2.75) is 78.0 Å². The highest BCUT2D eigenvalue weighted by Gasteiger charge is 2.28. The second-order valence-corrected chi connectivity index (χ2v) is 5.59. The lowest BCUT2D eigenvalue weighted by molar-refractivity contribution is 0.0289. The first-order valence-electron chi connectivity index (χ1n) is 7.02. The van der Waals surface area contributed by atoms with Crippen LogP contribution in [0.2, 0.25) is 0 Å². The summed E-state index contributed by atoms with van der Waals surface area (Å²) in [5.41, 5.74) is 0. The topological polar surface area (TPSA) is 21.3 Å². The Morgan fingerprint density at radius 2 is 2.00 bits per heavy atom. The maximum absolute atomic E-state index is 5.99. The van der Waals surface area contributed by atoms with Gasteiger partial charge in [0.1, 0.15) is 0 Å². The van der Waals surface area contributed by atoms with Gasteiger partial charge in [0.05, 0.1) is 12.2 Å². The lowest BCUT2D eigenvalue weighted by Gasteiger charge is -2.25. The normalized spacial score (nSPS) is 27.6. The highest BCUT2D eigenvalue weighted by Crippen LogP contribution is 2.24. The first-order valence-corrected chi connectivity index (χ1v) is 7.02. The quantitative estimate of drug-likeness (QED) is 0.720. The van der Waals surface area contributed by atoms with E-state index in [4.69, 9.17) is 4.74 Å². The van der Waals surface area contributed by atoms with E-state index in [2.05, 4.69) is 33.0 Å². The van der Waals surface area contributed by atoms with E-state index >= 15 is 0 Å². The van der Waals surface area contributed by atoms with Crippen LogP contribution in [0.1, 0.15) is 59.8 Å². The first-order chi connectivity index (χ1) is 7.63. The lowest BCUT2D eigenvalue weighted by Crippen LogP contribution is -2.40. The highest BCUT2D eigenvalue weighted by atomic mass is 16.5. The van der Waals surface area contributed by atoms with Crippen molar-refractivity contribution in [2.75, 3.05) is 6.54 Å². The number of hydrogen-bond donors (Lipinski definition) is 1. The molecule has 0 aromatic carbocycles. The molecule has 1 heterocycles. The van der Waals surface area contributed by atoms with Crippen molar-refractivity contribution in [1.29, 1.82) is 0 Å². The molecule has 16 heavy (non-hydrogen) atoms. The van der Waals surface area contributed by atoms with E-state index in [0.29, 0.717) is 18.2 Å². The third-order valence-electron chi connectivity index (χ3n) is 3.43. The van der Waals surface area contributed by atoms with Crippen molar-refractivity contribution in [3.8, 4) is 0 Å². The van der Waals surface area contributed by atoms with Crippen molar-refractivity contribution >= 4 is 0 Å². The Labute approximate surface area is 101 Å².